The number of likely N-dealkylation sites (tertiary alicyclic amines) is 1. The zero-order chi connectivity index (χ0) is 22.1. The summed E-state index contributed by atoms with van der Waals surface area (Å²) in [5.74, 6) is 0.361. The highest BCUT2D eigenvalue weighted by Crippen LogP contribution is 2.26. The van der Waals surface area contributed by atoms with Gasteiger partial charge in [0.25, 0.3) is 0 Å². The van der Waals surface area contributed by atoms with E-state index < -0.39 is 29.8 Å². The zero-order valence-electron chi connectivity index (χ0n) is 17.8. The van der Waals surface area contributed by atoms with Crippen LogP contribution in [0.1, 0.15) is 27.2 Å². The van der Waals surface area contributed by atoms with Gasteiger partial charge in [0.05, 0.1) is 26.3 Å². The van der Waals surface area contributed by atoms with Gasteiger partial charge in [0.1, 0.15) is 31.3 Å². The molecule has 30 heavy (non-hydrogen) atoms. The lowest BCUT2D eigenvalue weighted by Gasteiger charge is -2.27. The average Bonchev–Trinajstić information content (AvgIpc) is 3.10. The SMILES string of the molecule is [B]c1cc2ccc(OC)cc2nc1O[C@@H]1C[C@@H](C(=O)OC)N(C(=O)OC(C)(C)C)C1. The first-order chi connectivity index (χ1) is 14.1. The molecule has 9 heteroatoms. The van der Waals surface area contributed by atoms with Crippen LogP contribution in [-0.4, -0.2) is 68.3 Å². The molecule has 0 aliphatic carbocycles. The molecular formula is C21H25BN2O6. The summed E-state index contributed by atoms with van der Waals surface area (Å²) in [6.45, 7) is 5.42. The van der Waals surface area contributed by atoms with Gasteiger partial charge in [-0.05, 0) is 38.4 Å². The van der Waals surface area contributed by atoms with E-state index in [2.05, 4.69) is 4.98 Å². The van der Waals surface area contributed by atoms with Crippen molar-refractivity contribution in [3.05, 3.63) is 24.3 Å². The number of ether oxygens (including phenoxy) is 4. The highest BCUT2D eigenvalue weighted by atomic mass is 16.6. The van der Waals surface area contributed by atoms with Crippen LogP contribution in [0.3, 0.4) is 0 Å². The molecule has 8 nitrogen and oxygen atoms in total. The minimum atomic E-state index is -0.809. The number of nitrogens with zero attached hydrogens (tertiary/aromatic N) is 2. The quantitative estimate of drug-likeness (QED) is 0.561. The number of methoxy groups -OCH3 is 2. The normalized spacial score (nSPS) is 18.9. The topological polar surface area (TPSA) is 87.2 Å². The zero-order valence-corrected chi connectivity index (χ0v) is 17.8. The Balaban J connectivity index is 1.83. The molecule has 1 aromatic carbocycles. The number of carbonyl (C=O) groups excluding carboxylic acids is 2. The third-order valence-corrected chi connectivity index (χ3v) is 4.66. The summed E-state index contributed by atoms with van der Waals surface area (Å²) in [6.07, 6.45) is -0.865. The van der Waals surface area contributed by atoms with Gasteiger partial charge >= 0.3 is 12.1 Å². The number of carbonyl (C=O) groups is 2. The van der Waals surface area contributed by atoms with Crippen LogP contribution < -0.4 is 14.9 Å². The number of hydrogen-bond acceptors (Lipinski definition) is 7. The van der Waals surface area contributed by atoms with Gasteiger partial charge < -0.3 is 18.9 Å². The van der Waals surface area contributed by atoms with Crippen molar-refractivity contribution >= 4 is 36.3 Å². The van der Waals surface area contributed by atoms with Crippen molar-refractivity contribution in [2.45, 2.75) is 44.9 Å². The maximum absolute atomic E-state index is 12.6. The number of amides is 1. The fraction of sp³-hybridized carbons (Fsp3) is 0.476. The molecule has 2 aromatic rings. The van der Waals surface area contributed by atoms with Gasteiger partial charge in [-0.25, -0.2) is 14.6 Å². The molecule has 0 N–H and O–H groups in total. The first kappa shape index (κ1) is 21.7. The van der Waals surface area contributed by atoms with E-state index in [9.17, 15) is 9.59 Å². The smallest absolute Gasteiger partial charge is 0.411 e. The Bertz CT molecular complexity index is 958. The Morgan fingerprint density at radius 2 is 1.93 bits per heavy atom. The summed E-state index contributed by atoms with van der Waals surface area (Å²) in [7, 11) is 8.97. The van der Waals surface area contributed by atoms with Crippen LogP contribution in [0, 0.1) is 0 Å². The molecule has 0 unspecified atom stereocenters. The van der Waals surface area contributed by atoms with Crippen LogP contribution in [-0.2, 0) is 14.3 Å². The minimum absolute atomic E-state index is 0.145. The molecule has 1 amide bonds. The molecule has 1 aliphatic rings. The van der Waals surface area contributed by atoms with E-state index in [1.807, 2.05) is 12.1 Å². The van der Waals surface area contributed by atoms with Crippen LogP contribution in [0.15, 0.2) is 24.3 Å². The number of benzene rings is 1. The van der Waals surface area contributed by atoms with Crippen LogP contribution in [0.4, 0.5) is 4.79 Å². The van der Waals surface area contributed by atoms with Crippen molar-refractivity contribution in [3.8, 4) is 11.6 Å². The van der Waals surface area contributed by atoms with E-state index in [4.69, 9.17) is 26.8 Å². The lowest BCUT2D eigenvalue weighted by atomic mass is 9.96. The van der Waals surface area contributed by atoms with Crippen molar-refractivity contribution in [2.24, 2.45) is 0 Å². The predicted molar refractivity (Wildman–Crippen MR) is 111 cm³/mol. The number of fused-ring (bicyclic) bond motifs is 1. The van der Waals surface area contributed by atoms with Crippen LogP contribution >= 0.6 is 0 Å². The average molecular weight is 412 g/mol. The van der Waals surface area contributed by atoms with Crippen molar-refractivity contribution in [1.29, 1.82) is 0 Å². The molecule has 1 aromatic heterocycles. The Kier molecular flexibility index (Phi) is 6.10. The van der Waals surface area contributed by atoms with Gasteiger partial charge in [-0.2, -0.15) is 0 Å². The lowest BCUT2D eigenvalue weighted by molar-refractivity contribution is -0.145. The fourth-order valence-electron chi connectivity index (χ4n) is 3.29. The summed E-state index contributed by atoms with van der Waals surface area (Å²) >= 11 is 0. The Morgan fingerprint density at radius 1 is 1.20 bits per heavy atom. The molecule has 0 saturated carbocycles. The highest BCUT2D eigenvalue weighted by Gasteiger charge is 2.43. The predicted octanol–water partition coefficient (Wildman–Crippen LogP) is 1.97. The fourth-order valence-corrected chi connectivity index (χ4v) is 3.29. The summed E-state index contributed by atoms with van der Waals surface area (Å²) < 4.78 is 21.5. The second kappa shape index (κ2) is 8.42. The summed E-state index contributed by atoms with van der Waals surface area (Å²) in [4.78, 5) is 30.6. The third kappa shape index (κ3) is 4.77. The van der Waals surface area contributed by atoms with E-state index in [1.165, 1.54) is 12.0 Å². The summed E-state index contributed by atoms with van der Waals surface area (Å²) in [5, 5.41) is 0.842. The van der Waals surface area contributed by atoms with E-state index >= 15 is 0 Å². The second-order valence-electron chi connectivity index (χ2n) is 8.09. The number of rotatable bonds is 4. The number of hydrogen-bond donors (Lipinski definition) is 0. The summed E-state index contributed by atoms with van der Waals surface area (Å²) in [5.41, 5.74) is 0.322. The number of pyridine rings is 1. The second-order valence-corrected chi connectivity index (χ2v) is 8.09. The van der Waals surface area contributed by atoms with Crippen LogP contribution in [0.25, 0.3) is 10.9 Å². The Hall–Kier alpha value is -2.97. The molecule has 158 valence electrons. The summed E-state index contributed by atoms with van der Waals surface area (Å²) in [6, 6.07) is 6.40. The van der Waals surface area contributed by atoms with Gasteiger partial charge in [-0.15, -0.1) is 0 Å². The van der Waals surface area contributed by atoms with Crippen molar-refractivity contribution in [3.63, 3.8) is 0 Å². The van der Waals surface area contributed by atoms with Crippen LogP contribution in [0.5, 0.6) is 11.6 Å². The van der Waals surface area contributed by atoms with E-state index in [0.29, 0.717) is 16.7 Å². The van der Waals surface area contributed by atoms with Crippen LogP contribution in [0.2, 0.25) is 0 Å². The minimum Gasteiger partial charge on any atom is -0.497 e. The molecule has 2 heterocycles. The Morgan fingerprint density at radius 3 is 2.57 bits per heavy atom. The molecule has 2 atom stereocenters. The Labute approximate surface area is 176 Å². The molecular weight excluding hydrogens is 387 g/mol. The lowest BCUT2D eigenvalue weighted by Crippen LogP contribution is -2.44. The van der Waals surface area contributed by atoms with Crippen molar-refractivity contribution in [1.82, 2.24) is 9.88 Å². The molecule has 0 spiro atoms. The molecule has 1 fully saturated rings. The van der Waals surface area contributed by atoms with Gasteiger partial charge in [0.2, 0.25) is 5.88 Å². The van der Waals surface area contributed by atoms with Gasteiger partial charge in [-0.1, -0.05) is 6.07 Å². The molecule has 3 rings (SSSR count). The monoisotopic (exact) mass is 412 g/mol. The molecule has 1 aliphatic heterocycles. The number of esters is 1. The first-order valence-corrected chi connectivity index (χ1v) is 9.59. The van der Waals surface area contributed by atoms with E-state index in [-0.39, 0.29) is 18.8 Å². The largest absolute Gasteiger partial charge is 0.497 e. The maximum atomic E-state index is 12.6. The van der Waals surface area contributed by atoms with Gasteiger partial charge in [0, 0.05) is 17.9 Å². The molecule has 2 radical (unpaired) electrons. The maximum Gasteiger partial charge on any atom is 0.411 e. The van der Waals surface area contributed by atoms with E-state index in [1.54, 1.807) is 40.0 Å². The van der Waals surface area contributed by atoms with Crippen molar-refractivity contribution < 1.29 is 28.5 Å². The third-order valence-electron chi connectivity index (χ3n) is 4.66. The van der Waals surface area contributed by atoms with Crippen molar-refractivity contribution in [2.75, 3.05) is 20.8 Å². The standard InChI is InChI=1S/C21H25BN2O6/c1-21(2,3)30-20(26)24-11-14(10-17(24)19(25)28-5)29-18-15(22)8-12-6-7-13(27-4)9-16(12)23-18/h6-9,14,17H,10-11H2,1-5H3/t14-,17+/m1/s1. The first-order valence-electron chi connectivity index (χ1n) is 9.59. The molecule has 0 bridgehead atoms. The number of aromatic nitrogens is 1. The van der Waals surface area contributed by atoms with Gasteiger partial charge in [-0.3, -0.25) is 4.90 Å². The molecule has 1 saturated heterocycles. The highest BCUT2D eigenvalue weighted by molar-refractivity contribution is 6.34. The van der Waals surface area contributed by atoms with Gasteiger partial charge in [0.15, 0.2) is 0 Å². The van der Waals surface area contributed by atoms with E-state index in [0.717, 1.165) is 5.39 Å².